The minimum absolute atomic E-state index is 0.263. The van der Waals surface area contributed by atoms with Gasteiger partial charge in [-0.25, -0.2) is 15.0 Å². The molecule has 3 atom stereocenters. The quantitative estimate of drug-likeness (QED) is 0.819. The number of nitrogen functional groups attached to an aromatic ring is 1. The Labute approximate surface area is 116 Å². The molecule has 2 aromatic heterocycles. The van der Waals surface area contributed by atoms with Gasteiger partial charge in [0.25, 0.3) is 0 Å². The number of nitrogens with zero attached hydrogens (tertiary/aromatic N) is 4. The summed E-state index contributed by atoms with van der Waals surface area (Å²) >= 11 is 0. The lowest BCUT2D eigenvalue weighted by Crippen LogP contribution is -2.07. The molecule has 3 N–H and O–H groups in total. The summed E-state index contributed by atoms with van der Waals surface area (Å²) in [5.41, 5.74) is 7.12. The van der Waals surface area contributed by atoms with Crippen molar-refractivity contribution in [1.82, 2.24) is 19.5 Å². The minimum Gasteiger partial charge on any atom is -0.382 e. The monoisotopic (exact) mass is 296 g/mol. The lowest BCUT2D eigenvalue weighted by Gasteiger charge is -2.12. The summed E-state index contributed by atoms with van der Waals surface area (Å²) in [6.45, 7) is 0.311. The molecule has 1 fully saturated rings. The van der Waals surface area contributed by atoms with Gasteiger partial charge in [0.15, 0.2) is 11.5 Å². The molecular formula is C11H15N5O3P+. The molecule has 2 aromatic rings. The summed E-state index contributed by atoms with van der Waals surface area (Å²) in [6, 6.07) is 0.263. The van der Waals surface area contributed by atoms with Crippen LogP contribution in [0.25, 0.3) is 11.2 Å². The van der Waals surface area contributed by atoms with Crippen LogP contribution >= 0.6 is 8.25 Å². The van der Waals surface area contributed by atoms with E-state index < -0.39 is 8.25 Å². The standard InChI is InChI=1S/C11H14N5O3P/c12-10-9-11(14-5-13-10)16(6-15-9)8-2-1-7(3-8)4-19-20(17)18/h5-8H,1-4H2,(H2-,12,13,14,17,18)/p+1/t7-,8+/m1/s1. The van der Waals surface area contributed by atoms with E-state index in [1.807, 2.05) is 4.57 Å². The summed E-state index contributed by atoms with van der Waals surface area (Å²) in [5.74, 6) is 0.659. The fraction of sp³-hybridized carbons (Fsp3) is 0.545. The molecule has 0 spiro atoms. The Morgan fingerprint density at radius 1 is 1.45 bits per heavy atom. The molecule has 8 nitrogen and oxygen atoms in total. The highest BCUT2D eigenvalue weighted by molar-refractivity contribution is 7.32. The lowest BCUT2D eigenvalue weighted by molar-refractivity contribution is 0.230. The fourth-order valence-electron chi connectivity index (χ4n) is 2.76. The van der Waals surface area contributed by atoms with Gasteiger partial charge in [0, 0.05) is 10.6 Å². The highest BCUT2D eigenvalue weighted by atomic mass is 31.1. The number of rotatable bonds is 4. The first-order chi connectivity index (χ1) is 9.65. The second-order valence-electron chi connectivity index (χ2n) is 4.95. The van der Waals surface area contributed by atoms with Gasteiger partial charge < -0.3 is 10.3 Å². The maximum atomic E-state index is 10.6. The van der Waals surface area contributed by atoms with Gasteiger partial charge in [-0.2, -0.15) is 0 Å². The fourth-order valence-corrected chi connectivity index (χ4v) is 3.10. The first kappa shape index (κ1) is 13.4. The first-order valence-electron chi connectivity index (χ1n) is 6.37. The van der Waals surface area contributed by atoms with Crippen LogP contribution < -0.4 is 5.73 Å². The molecule has 0 saturated heterocycles. The molecule has 3 rings (SSSR count). The van der Waals surface area contributed by atoms with E-state index >= 15 is 0 Å². The van der Waals surface area contributed by atoms with E-state index in [1.165, 1.54) is 6.33 Å². The highest BCUT2D eigenvalue weighted by Crippen LogP contribution is 2.37. The molecule has 1 unspecified atom stereocenters. The van der Waals surface area contributed by atoms with Gasteiger partial charge in [0.05, 0.1) is 6.33 Å². The average Bonchev–Trinajstić information content (AvgIpc) is 3.02. The Balaban J connectivity index is 1.76. The average molecular weight is 296 g/mol. The third-order valence-corrected chi connectivity index (χ3v) is 4.08. The van der Waals surface area contributed by atoms with Crippen LogP contribution in [-0.2, 0) is 9.09 Å². The molecule has 0 aliphatic heterocycles. The zero-order valence-corrected chi connectivity index (χ0v) is 11.6. The normalized spacial score (nSPS) is 23.4. The van der Waals surface area contributed by atoms with Crippen molar-refractivity contribution >= 4 is 25.2 Å². The number of hydrogen-bond acceptors (Lipinski definition) is 6. The maximum Gasteiger partial charge on any atom is 0.694 e. The van der Waals surface area contributed by atoms with E-state index in [2.05, 4.69) is 15.0 Å². The van der Waals surface area contributed by atoms with Crippen molar-refractivity contribution in [2.24, 2.45) is 5.92 Å². The lowest BCUT2D eigenvalue weighted by atomic mass is 10.1. The molecule has 2 heterocycles. The van der Waals surface area contributed by atoms with E-state index in [1.54, 1.807) is 6.33 Å². The largest absolute Gasteiger partial charge is 0.694 e. The third-order valence-electron chi connectivity index (χ3n) is 3.71. The van der Waals surface area contributed by atoms with Crippen molar-refractivity contribution in [3.05, 3.63) is 12.7 Å². The summed E-state index contributed by atoms with van der Waals surface area (Å²) in [4.78, 5) is 21.1. The molecule has 0 bridgehead atoms. The van der Waals surface area contributed by atoms with Gasteiger partial charge in [-0.3, -0.25) is 0 Å². The SMILES string of the molecule is Nc1ncnc2c1ncn2[C@H]1CC[C@@H](CO[P+](=O)O)C1. The van der Waals surface area contributed by atoms with Gasteiger partial charge >= 0.3 is 8.25 Å². The van der Waals surface area contributed by atoms with Crippen molar-refractivity contribution < 1.29 is 14.0 Å². The smallest absolute Gasteiger partial charge is 0.382 e. The topological polar surface area (TPSA) is 116 Å². The predicted octanol–water partition coefficient (Wildman–Crippen LogP) is 1.42. The number of imidazole rings is 1. The maximum absolute atomic E-state index is 10.6. The Hall–Kier alpha value is -1.63. The van der Waals surface area contributed by atoms with E-state index in [-0.39, 0.29) is 12.0 Å². The number of fused-ring (bicyclic) bond motifs is 1. The van der Waals surface area contributed by atoms with Crippen LogP contribution in [0, 0.1) is 5.92 Å². The predicted molar refractivity (Wildman–Crippen MR) is 71.9 cm³/mol. The van der Waals surface area contributed by atoms with Crippen molar-refractivity contribution in [2.75, 3.05) is 12.3 Å². The molecule has 0 amide bonds. The van der Waals surface area contributed by atoms with Crippen molar-refractivity contribution in [3.63, 3.8) is 0 Å². The van der Waals surface area contributed by atoms with Crippen LogP contribution in [0.3, 0.4) is 0 Å². The van der Waals surface area contributed by atoms with Crippen LogP contribution in [0.1, 0.15) is 25.3 Å². The zero-order chi connectivity index (χ0) is 14.1. The molecule has 1 aliphatic rings. The van der Waals surface area contributed by atoms with Gasteiger partial charge in [-0.15, -0.1) is 9.42 Å². The van der Waals surface area contributed by atoms with Crippen LogP contribution in [0.2, 0.25) is 0 Å². The Morgan fingerprint density at radius 3 is 3.10 bits per heavy atom. The molecule has 1 saturated carbocycles. The van der Waals surface area contributed by atoms with Gasteiger partial charge in [-0.05, 0) is 25.2 Å². The van der Waals surface area contributed by atoms with Gasteiger partial charge in [-0.1, -0.05) is 0 Å². The number of aromatic nitrogens is 4. The van der Waals surface area contributed by atoms with E-state index in [0.29, 0.717) is 17.9 Å². The molecule has 20 heavy (non-hydrogen) atoms. The summed E-state index contributed by atoms with van der Waals surface area (Å²) in [5, 5.41) is 0. The summed E-state index contributed by atoms with van der Waals surface area (Å²) in [7, 11) is -2.51. The van der Waals surface area contributed by atoms with Crippen LogP contribution in [0.5, 0.6) is 0 Å². The molecule has 106 valence electrons. The Morgan fingerprint density at radius 2 is 2.30 bits per heavy atom. The van der Waals surface area contributed by atoms with Gasteiger partial charge in [0.1, 0.15) is 18.5 Å². The highest BCUT2D eigenvalue weighted by Gasteiger charge is 2.30. The van der Waals surface area contributed by atoms with Crippen molar-refractivity contribution in [2.45, 2.75) is 25.3 Å². The molecule has 1 aliphatic carbocycles. The molecule has 9 heteroatoms. The summed E-state index contributed by atoms with van der Waals surface area (Å²) < 4.78 is 17.4. The van der Waals surface area contributed by atoms with E-state index in [9.17, 15) is 4.57 Å². The molecule has 0 aromatic carbocycles. The van der Waals surface area contributed by atoms with E-state index in [4.69, 9.17) is 15.2 Å². The van der Waals surface area contributed by atoms with Crippen LogP contribution in [0.15, 0.2) is 12.7 Å². The minimum atomic E-state index is -2.51. The second kappa shape index (κ2) is 5.40. The first-order valence-corrected chi connectivity index (χ1v) is 7.50. The van der Waals surface area contributed by atoms with Gasteiger partial charge in [0.2, 0.25) is 0 Å². The zero-order valence-electron chi connectivity index (χ0n) is 10.7. The Kier molecular flexibility index (Phi) is 3.60. The van der Waals surface area contributed by atoms with Crippen LogP contribution in [0.4, 0.5) is 5.82 Å². The Bertz CT molecular complexity index is 646. The molecular weight excluding hydrogens is 281 g/mol. The number of anilines is 1. The van der Waals surface area contributed by atoms with Crippen molar-refractivity contribution in [1.29, 1.82) is 0 Å². The third kappa shape index (κ3) is 2.49. The second-order valence-corrected chi connectivity index (χ2v) is 5.68. The number of nitrogens with two attached hydrogens (primary N) is 1. The molecule has 0 radical (unpaired) electrons. The van der Waals surface area contributed by atoms with E-state index in [0.717, 1.165) is 24.9 Å². The van der Waals surface area contributed by atoms with Crippen LogP contribution in [-0.4, -0.2) is 31.0 Å². The van der Waals surface area contributed by atoms with Crippen molar-refractivity contribution in [3.8, 4) is 0 Å². The summed E-state index contributed by atoms with van der Waals surface area (Å²) in [6.07, 6.45) is 5.95. The number of hydrogen-bond donors (Lipinski definition) is 2.